The van der Waals surface area contributed by atoms with E-state index in [0.29, 0.717) is 0 Å². The largest absolute Gasteiger partial charge is 0.478 e. The number of carbonyl (C=O) groups excluding carboxylic acids is 2. The van der Waals surface area contributed by atoms with Gasteiger partial charge in [-0.15, -0.1) is 0 Å². The van der Waals surface area contributed by atoms with Crippen LogP contribution in [0.4, 0.5) is 0 Å². The van der Waals surface area contributed by atoms with Gasteiger partial charge in [0.1, 0.15) is 6.10 Å². The summed E-state index contributed by atoms with van der Waals surface area (Å²) in [6.45, 7) is 8.27. The van der Waals surface area contributed by atoms with Crippen LogP contribution in [-0.2, 0) is 19.1 Å². The molecule has 6 rings (SSSR count). The first kappa shape index (κ1) is 22.7. The zero-order valence-corrected chi connectivity index (χ0v) is 20.6. The van der Waals surface area contributed by atoms with Crippen molar-refractivity contribution in [1.82, 2.24) is 0 Å². The number of aromatic carboxylic acids is 1. The Morgan fingerprint density at radius 3 is 2.51 bits per heavy atom. The van der Waals surface area contributed by atoms with E-state index in [0.717, 1.165) is 24.8 Å². The second-order valence-corrected chi connectivity index (χ2v) is 11.5. The number of hydrogen-bond acceptors (Lipinski definition) is 5. The molecule has 0 aromatic heterocycles. The minimum absolute atomic E-state index is 0.0531. The Morgan fingerprint density at radius 2 is 1.86 bits per heavy atom. The van der Waals surface area contributed by atoms with Gasteiger partial charge in [-0.1, -0.05) is 44.1 Å². The first-order chi connectivity index (χ1) is 16.6. The van der Waals surface area contributed by atoms with Gasteiger partial charge in [0, 0.05) is 17.3 Å². The summed E-state index contributed by atoms with van der Waals surface area (Å²) >= 11 is 0. The van der Waals surface area contributed by atoms with Gasteiger partial charge in [0.2, 0.25) is 0 Å². The van der Waals surface area contributed by atoms with Crippen molar-refractivity contribution in [2.24, 2.45) is 28.6 Å². The number of carboxylic acid groups (broad SMARTS) is 1. The van der Waals surface area contributed by atoms with Gasteiger partial charge in [-0.2, -0.15) is 0 Å². The van der Waals surface area contributed by atoms with Crippen LogP contribution in [0, 0.1) is 28.6 Å². The molecule has 0 unspecified atom stereocenters. The smallest absolute Gasteiger partial charge is 0.335 e. The average molecular weight is 477 g/mol. The van der Waals surface area contributed by atoms with Gasteiger partial charge in [-0.25, -0.2) is 4.79 Å². The summed E-state index contributed by atoms with van der Waals surface area (Å²) < 4.78 is 12.9. The van der Waals surface area contributed by atoms with Crippen LogP contribution in [0.2, 0.25) is 0 Å². The van der Waals surface area contributed by atoms with E-state index in [-0.39, 0.29) is 53.2 Å². The fraction of sp³-hybridized carbons (Fsp3) is 0.552. The van der Waals surface area contributed by atoms with Crippen molar-refractivity contribution >= 4 is 17.7 Å². The van der Waals surface area contributed by atoms with Crippen LogP contribution in [0.25, 0.3) is 0 Å². The van der Waals surface area contributed by atoms with Crippen LogP contribution in [0.15, 0.2) is 47.6 Å². The molecule has 2 heterocycles. The topological polar surface area (TPSA) is 89.9 Å². The number of ether oxygens (including phenoxy) is 2. The highest BCUT2D eigenvalue weighted by Crippen LogP contribution is 2.65. The van der Waals surface area contributed by atoms with Gasteiger partial charge in [-0.3, -0.25) is 9.59 Å². The standard InChI is InChI=1S/C29H32O6/c1-5-20-19-12-18-14(2)17(15-6-8-16(9-7-15)26(31)32)13-21(18)34-23(19)24-25-28(3,27(33)35-24)11-10-22(30)29(20,25)4/h6-11,17,19-21,23-25H,5,12-13H2,1-4H3,(H,31,32)/t17-,19-,20-,21-,23-,24-,25-,28+,29-/m0/s1. The lowest BCUT2D eigenvalue weighted by molar-refractivity contribution is -0.202. The number of carboxylic acids is 1. The van der Waals surface area contributed by atoms with Crippen LogP contribution in [0.1, 0.15) is 68.8 Å². The van der Waals surface area contributed by atoms with E-state index < -0.39 is 22.9 Å². The summed E-state index contributed by atoms with van der Waals surface area (Å²) in [6, 6.07) is 7.13. The van der Waals surface area contributed by atoms with Crippen molar-refractivity contribution in [2.45, 2.75) is 71.2 Å². The number of allylic oxidation sites excluding steroid dienone is 2. The number of fused-ring (bicyclic) bond motifs is 3. The Hall–Kier alpha value is -2.73. The first-order valence-electron chi connectivity index (χ1n) is 12.7. The number of ketones is 1. The Kier molecular flexibility index (Phi) is 4.80. The molecule has 3 fully saturated rings. The molecule has 0 spiro atoms. The highest BCUT2D eigenvalue weighted by atomic mass is 16.6. The van der Waals surface area contributed by atoms with Crippen LogP contribution < -0.4 is 0 Å². The number of carbonyl (C=O) groups is 3. The summed E-state index contributed by atoms with van der Waals surface area (Å²) in [4.78, 5) is 37.8. The molecule has 1 aromatic rings. The molecule has 2 aliphatic heterocycles. The van der Waals surface area contributed by atoms with Crippen molar-refractivity contribution in [2.75, 3.05) is 0 Å². The monoisotopic (exact) mass is 476 g/mol. The normalized spacial score (nSPS) is 43.5. The van der Waals surface area contributed by atoms with E-state index in [2.05, 4.69) is 20.8 Å². The second-order valence-electron chi connectivity index (χ2n) is 11.5. The molecule has 6 nitrogen and oxygen atoms in total. The van der Waals surface area contributed by atoms with Crippen LogP contribution >= 0.6 is 0 Å². The molecule has 1 N–H and O–H groups in total. The number of hydrogen-bond donors (Lipinski definition) is 1. The third-order valence-electron chi connectivity index (χ3n) is 10.1. The van der Waals surface area contributed by atoms with Crippen LogP contribution in [0.3, 0.4) is 0 Å². The van der Waals surface area contributed by atoms with Gasteiger partial charge in [0.15, 0.2) is 5.78 Å². The summed E-state index contributed by atoms with van der Waals surface area (Å²) in [7, 11) is 0. The highest BCUT2D eigenvalue weighted by Gasteiger charge is 2.72. The highest BCUT2D eigenvalue weighted by molar-refractivity contribution is 6.00. The van der Waals surface area contributed by atoms with E-state index in [1.807, 2.05) is 19.1 Å². The molecule has 2 saturated heterocycles. The molecule has 0 amide bonds. The zero-order valence-electron chi connectivity index (χ0n) is 20.6. The lowest BCUT2D eigenvalue weighted by Crippen LogP contribution is -2.64. The molecule has 9 atom stereocenters. The molecular weight excluding hydrogens is 444 g/mol. The van der Waals surface area contributed by atoms with Crippen molar-refractivity contribution in [3.8, 4) is 0 Å². The second kappa shape index (κ2) is 7.39. The fourth-order valence-corrected chi connectivity index (χ4v) is 8.38. The molecule has 1 aromatic carbocycles. The van der Waals surface area contributed by atoms with Crippen molar-refractivity contribution < 1.29 is 29.0 Å². The molecule has 0 bridgehead atoms. The SMILES string of the molecule is CC[C@H]1[C@@H]2CC3=C(C)[C@@H](c4ccc(C(=O)O)cc4)C[C@@H]3O[C@@H]2[C@@H]2OC(=O)[C@]3(C)C=CC(=O)[C@@]1(C)[C@@H]23. The van der Waals surface area contributed by atoms with E-state index in [1.54, 1.807) is 24.3 Å². The van der Waals surface area contributed by atoms with Crippen molar-refractivity contribution in [1.29, 1.82) is 0 Å². The fourth-order valence-electron chi connectivity index (χ4n) is 8.38. The molecule has 35 heavy (non-hydrogen) atoms. The minimum atomic E-state index is -0.929. The Balaban J connectivity index is 1.38. The molecule has 0 radical (unpaired) electrons. The number of esters is 1. The molecule has 5 aliphatic rings. The Morgan fingerprint density at radius 1 is 1.14 bits per heavy atom. The zero-order chi connectivity index (χ0) is 24.9. The molecule has 3 aliphatic carbocycles. The molecule has 6 heteroatoms. The lowest BCUT2D eigenvalue weighted by atomic mass is 9.45. The van der Waals surface area contributed by atoms with Crippen LogP contribution in [-0.4, -0.2) is 41.1 Å². The van der Waals surface area contributed by atoms with E-state index in [4.69, 9.17) is 9.47 Å². The summed E-state index contributed by atoms with van der Waals surface area (Å²) in [6.07, 6.45) is 5.16. The Labute approximate surface area is 205 Å². The third-order valence-corrected chi connectivity index (χ3v) is 10.1. The quantitative estimate of drug-likeness (QED) is 0.503. The van der Waals surface area contributed by atoms with Gasteiger partial charge in [-0.05, 0) is 67.9 Å². The predicted molar refractivity (Wildman–Crippen MR) is 128 cm³/mol. The summed E-state index contributed by atoms with van der Waals surface area (Å²) in [5.74, 6) is -0.941. The number of benzene rings is 1. The van der Waals surface area contributed by atoms with Gasteiger partial charge >= 0.3 is 11.9 Å². The number of rotatable bonds is 3. The van der Waals surface area contributed by atoms with E-state index >= 15 is 0 Å². The van der Waals surface area contributed by atoms with Gasteiger partial charge in [0.25, 0.3) is 0 Å². The first-order valence-corrected chi connectivity index (χ1v) is 12.7. The molecule has 184 valence electrons. The maximum atomic E-state index is 13.4. The lowest BCUT2D eigenvalue weighted by Gasteiger charge is -2.58. The molecular formula is C29H32O6. The maximum absolute atomic E-state index is 13.4. The van der Waals surface area contributed by atoms with E-state index in [9.17, 15) is 19.5 Å². The minimum Gasteiger partial charge on any atom is -0.478 e. The third kappa shape index (κ3) is 2.83. The van der Waals surface area contributed by atoms with E-state index in [1.165, 1.54) is 11.1 Å². The maximum Gasteiger partial charge on any atom is 0.335 e. The predicted octanol–water partition coefficient (Wildman–Crippen LogP) is 4.70. The van der Waals surface area contributed by atoms with Crippen LogP contribution in [0.5, 0.6) is 0 Å². The summed E-state index contributed by atoms with van der Waals surface area (Å²) in [5, 5.41) is 9.25. The average Bonchev–Trinajstić information content (AvgIpc) is 3.30. The summed E-state index contributed by atoms with van der Waals surface area (Å²) in [5.41, 5.74) is 2.49. The van der Waals surface area contributed by atoms with Gasteiger partial charge in [0.05, 0.1) is 23.2 Å². The Bertz CT molecular complexity index is 1190. The molecule has 1 saturated carbocycles. The van der Waals surface area contributed by atoms with Crippen molar-refractivity contribution in [3.05, 3.63) is 58.7 Å². The van der Waals surface area contributed by atoms with Crippen molar-refractivity contribution in [3.63, 3.8) is 0 Å². The van der Waals surface area contributed by atoms with Gasteiger partial charge < -0.3 is 14.6 Å².